The molecule has 0 spiro atoms. The quantitative estimate of drug-likeness (QED) is 0.668. The summed E-state index contributed by atoms with van der Waals surface area (Å²) in [5.74, 6) is -0.303. The molecule has 2 aromatic carbocycles. The minimum atomic E-state index is -3.53. The normalized spacial score (nSPS) is 13.6. The van der Waals surface area contributed by atoms with Crippen LogP contribution in [-0.2, 0) is 26.0 Å². The number of carbonyl (C=O) groups is 2. The monoisotopic (exact) mass is 441 g/mol. The molecule has 0 aliphatic carbocycles. The van der Waals surface area contributed by atoms with E-state index in [1.807, 2.05) is 26.0 Å². The summed E-state index contributed by atoms with van der Waals surface area (Å²) < 4.78 is 26.9. The summed E-state index contributed by atoms with van der Waals surface area (Å²) in [6, 6.07) is 12.1. The van der Waals surface area contributed by atoms with Crippen molar-refractivity contribution in [2.24, 2.45) is 0 Å². The van der Waals surface area contributed by atoms with Gasteiger partial charge in [-0.2, -0.15) is 4.31 Å². The Morgan fingerprint density at radius 2 is 1.77 bits per heavy atom. The van der Waals surface area contributed by atoms with Crippen LogP contribution in [0.2, 0.25) is 0 Å². The number of nitrogens with zero attached hydrogens (tertiary/aromatic N) is 2. The van der Waals surface area contributed by atoms with E-state index in [1.54, 1.807) is 41.3 Å². The van der Waals surface area contributed by atoms with E-state index >= 15 is 0 Å². The summed E-state index contributed by atoms with van der Waals surface area (Å²) in [5.41, 5.74) is 3.13. The lowest BCUT2D eigenvalue weighted by Gasteiger charge is -2.19. The third-order valence-electron chi connectivity index (χ3n) is 5.21. The van der Waals surface area contributed by atoms with Gasteiger partial charge in [0.1, 0.15) is 0 Å². The zero-order chi connectivity index (χ0) is 22.6. The van der Waals surface area contributed by atoms with E-state index in [2.05, 4.69) is 5.32 Å². The maximum atomic E-state index is 12.8. The van der Waals surface area contributed by atoms with E-state index < -0.39 is 10.0 Å². The fourth-order valence-electron chi connectivity index (χ4n) is 3.62. The van der Waals surface area contributed by atoms with Crippen molar-refractivity contribution in [2.45, 2.75) is 32.1 Å². The average molecular weight is 442 g/mol. The Morgan fingerprint density at radius 1 is 1.10 bits per heavy atom. The first-order chi connectivity index (χ1) is 14.8. The number of amides is 2. The van der Waals surface area contributed by atoms with Crippen LogP contribution in [0.1, 0.15) is 31.9 Å². The summed E-state index contributed by atoms with van der Waals surface area (Å²) in [6.07, 6.45) is 3.84. The highest BCUT2D eigenvalue weighted by atomic mass is 32.2. The fourth-order valence-corrected chi connectivity index (χ4v) is 5.13. The molecule has 1 aliphatic rings. The second kappa shape index (κ2) is 9.45. The maximum absolute atomic E-state index is 12.8. The van der Waals surface area contributed by atoms with Crippen LogP contribution in [0.4, 0.5) is 11.4 Å². The van der Waals surface area contributed by atoms with Gasteiger partial charge in [0.2, 0.25) is 15.9 Å². The molecular formula is C23H27N3O4S. The predicted octanol–water partition coefficient (Wildman–Crippen LogP) is 3.28. The molecule has 8 heteroatoms. The van der Waals surface area contributed by atoms with Crippen molar-refractivity contribution >= 4 is 39.3 Å². The minimum absolute atomic E-state index is 0.140. The number of sulfonamides is 1. The fraction of sp³-hybridized carbons (Fsp3) is 0.304. The van der Waals surface area contributed by atoms with Gasteiger partial charge < -0.3 is 10.2 Å². The molecule has 2 amide bonds. The first kappa shape index (κ1) is 22.7. The Bertz CT molecular complexity index is 1100. The van der Waals surface area contributed by atoms with Crippen LogP contribution in [0.3, 0.4) is 0 Å². The number of carbonyl (C=O) groups excluding carboxylic acids is 2. The van der Waals surface area contributed by atoms with Crippen molar-refractivity contribution < 1.29 is 18.0 Å². The number of hydrogen-bond donors (Lipinski definition) is 1. The van der Waals surface area contributed by atoms with Crippen LogP contribution in [-0.4, -0.2) is 44.2 Å². The van der Waals surface area contributed by atoms with Gasteiger partial charge in [0.15, 0.2) is 0 Å². The summed E-state index contributed by atoms with van der Waals surface area (Å²) in [6.45, 7) is 6.41. The molecule has 0 unspecified atom stereocenters. The number of anilines is 2. The molecule has 2 aromatic rings. The minimum Gasteiger partial charge on any atom is -0.326 e. The Morgan fingerprint density at radius 3 is 2.39 bits per heavy atom. The van der Waals surface area contributed by atoms with Crippen LogP contribution in [0.25, 0.3) is 6.08 Å². The Hall–Kier alpha value is -2.97. The molecule has 7 nitrogen and oxygen atoms in total. The number of nitrogens with one attached hydrogen (secondary N) is 1. The number of benzene rings is 2. The van der Waals surface area contributed by atoms with Gasteiger partial charge in [-0.15, -0.1) is 0 Å². The molecule has 0 atom stereocenters. The molecule has 0 saturated heterocycles. The maximum Gasteiger partial charge on any atom is 0.251 e. The van der Waals surface area contributed by atoms with Crippen LogP contribution < -0.4 is 10.2 Å². The van der Waals surface area contributed by atoms with E-state index in [0.717, 1.165) is 16.8 Å². The zero-order valence-electron chi connectivity index (χ0n) is 18.0. The van der Waals surface area contributed by atoms with Gasteiger partial charge in [0.25, 0.3) is 5.91 Å². The molecule has 3 rings (SSSR count). The molecule has 0 saturated carbocycles. The number of rotatable bonds is 7. The van der Waals surface area contributed by atoms with E-state index in [9.17, 15) is 18.0 Å². The van der Waals surface area contributed by atoms with Gasteiger partial charge in [-0.25, -0.2) is 8.42 Å². The summed E-state index contributed by atoms with van der Waals surface area (Å²) in [7, 11) is -3.53. The van der Waals surface area contributed by atoms with Crippen molar-refractivity contribution in [2.75, 3.05) is 29.9 Å². The van der Waals surface area contributed by atoms with Gasteiger partial charge in [-0.1, -0.05) is 26.0 Å². The Kier molecular flexibility index (Phi) is 6.92. The molecular weight excluding hydrogens is 414 g/mol. The van der Waals surface area contributed by atoms with Crippen molar-refractivity contribution in [3.8, 4) is 0 Å². The van der Waals surface area contributed by atoms with Gasteiger partial charge in [-0.05, 0) is 54.0 Å². The lowest BCUT2D eigenvalue weighted by atomic mass is 10.1. The molecule has 1 aliphatic heterocycles. The van der Waals surface area contributed by atoms with Crippen molar-refractivity contribution in [3.05, 3.63) is 59.7 Å². The third kappa shape index (κ3) is 5.03. The first-order valence-electron chi connectivity index (χ1n) is 10.3. The van der Waals surface area contributed by atoms with Crippen molar-refractivity contribution in [1.82, 2.24) is 4.31 Å². The predicted molar refractivity (Wildman–Crippen MR) is 122 cm³/mol. The largest absolute Gasteiger partial charge is 0.326 e. The summed E-state index contributed by atoms with van der Waals surface area (Å²) in [5, 5.41) is 2.70. The highest BCUT2D eigenvalue weighted by Crippen LogP contribution is 2.31. The molecule has 0 bridgehead atoms. The van der Waals surface area contributed by atoms with Crippen molar-refractivity contribution in [3.63, 3.8) is 0 Å². The van der Waals surface area contributed by atoms with E-state index in [4.69, 9.17) is 0 Å². The summed E-state index contributed by atoms with van der Waals surface area (Å²) in [4.78, 5) is 25.7. The molecule has 0 aromatic heterocycles. The number of fused-ring (bicyclic) bond motifs is 1. The zero-order valence-corrected chi connectivity index (χ0v) is 18.8. The molecule has 0 fully saturated rings. The second-order valence-corrected chi connectivity index (χ2v) is 9.19. The smallest absolute Gasteiger partial charge is 0.251 e. The summed E-state index contributed by atoms with van der Waals surface area (Å²) >= 11 is 0. The van der Waals surface area contributed by atoms with Gasteiger partial charge in [0, 0.05) is 44.0 Å². The van der Waals surface area contributed by atoms with Crippen LogP contribution in [0.5, 0.6) is 0 Å². The third-order valence-corrected chi connectivity index (χ3v) is 7.25. The standard InChI is InChI=1S/C23H27N3O4S/c1-4-25(5-2)31(29,30)21-11-12-22-19(16-21)14-15-26(22)23(28)13-8-18-6-9-20(10-7-18)24-17(3)27/h6-13,16H,4-5,14-15H2,1-3H3,(H,24,27). The molecule has 164 valence electrons. The van der Waals surface area contributed by atoms with Crippen LogP contribution in [0, 0.1) is 0 Å². The topological polar surface area (TPSA) is 86.8 Å². The molecule has 0 radical (unpaired) electrons. The highest BCUT2D eigenvalue weighted by molar-refractivity contribution is 7.89. The molecule has 31 heavy (non-hydrogen) atoms. The van der Waals surface area contributed by atoms with E-state index in [1.165, 1.54) is 17.3 Å². The van der Waals surface area contributed by atoms with E-state index in [0.29, 0.717) is 31.7 Å². The average Bonchev–Trinajstić information content (AvgIpc) is 3.17. The first-order valence-corrected chi connectivity index (χ1v) is 11.7. The number of hydrogen-bond acceptors (Lipinski definition) is 4. The SMILES string of the molecule is CCN(CC)S(=O)(=O)c1ccc2c(c1)CCN2C(=O)C=Cc1ccc(NC(C)=O)cc1. The molecule has 1 N–H and O–H groups in total. The second-order valence-electron chi connectivity index (χ2n) is 7.26. The van der Waals surface area contributed by atoms with Crippen LogP contribution in [0.15, 0.2) is 53.4 Å². The van der Waals surface area contributed by atoms with E-state index in [-0.39, 0.29) is 16.7 Å². The Balaban J connectivity index is 1.74. The van der Waals surface area contributed by atoms with Crippen molar-refractivity contribution in [1.29, 1.82) is 0 Å². The van der Waals surface area contributed by atoms with Gasteiger partial charge in [-0.3, -0.25) is 9.59 Å². The molecule has 1 heterocycles. The lowest BCUT2D eigenvalue weighted by molar-refractivity contribution is -0.114. The van der Waals surface area contributed by atoms with Gasteiger partial charge in [0.05, 0.1) is 4.90 Å². The van der Waals surface area contributed by atoms with Gasteiger partial charge >= 0.3 is 0 Å². The highest BCUT2D eigenvalue weighted by Gasteiger charge is 2.27. The Labute approximate surface area is 183 Å². The lowest BCUT2D eigenvalue weighted by Crippen LogP contribution is -2.30. The van der Waals surface area contributed by atoms with Crippen LogP contribution >= 0.6 is 0 Å².